The maximum absolute atomic E-state index is 12.1. The highest BCUT2D eigenvalue weighted by molar-refractivity contribution is 5.39. The smallest absolute Gasteiger partial charge is 0.324 e. The normalized spacial score (nSPS) is 13.8. The van der Waals surface area contributed by atoms with E-state index in [9.17, 15) is 13.2 Å². The molecule has 0 bridgehead atoms. The lowest BCUT2D eigenvalue weighted by Crippen LogP contribution is -2.17. The highest BCUT2D eigenvalue weighted by Crippen LogP contribution is 2.29. The van der Waals surface area contributed by atoms with E-state index in [1.54, 1.807) is 0 Å². The van der Waals surface area contributed by atoms with Gasteiger partial charge >= 0.3 is 6.18 Å². The second kappa shape index (κ2) is 5.08. The highest BCUT2D eigenvalue weighted by Gasteiger charge is 2.28. The van der Waals surface area contributed by atoms with E-state index < -0.39 is 18.6 Å². The third-order valence-electron chi connectivity index (χ3n) is 2.85. The van der Waals surface area contributed by atoms with Gasteiger partial charge in [-0.25, -0.2) is 0 Å². The van der Waals surface area contributed by atoms with Gasteiger partial charge in [0.05, 0.1) is 0 Å². The third kappa shape index (κ3) is 4.04. The van der Waals surface area contributed by atoms with Gasteiger partial charge in [-0.05, 0) is 43.9 Å². The molecule has 1 aromatic carbocycles. The van der Waals surface area contributed by atoms with Crippen molar-refractivity contribution in [3.05, 3.63) is 34.4 Å². The van der Waals surface area contributed by atoms with E-state index in [0.29, 0.717) is 0 Å². The molecule has 1 atom stereocenters. The van der Waals surface area contributed by atoms with Gasteiger partial charge in [0.25, 0.3) is 0 Å². The lowest BCUT2D eigenvalue weighted by molar-refractivity contribution is -0.136. The van der Waals surface area contributed by atoms with Crippen molar-refractivity contribution in [2.75, 3.05) is 0 Å². The SMILES string of the molecule is Cc1cc(C)c(C(N)CCC(F)(F)F)c(C)c1. The molecule has 0 aromatic heterocycles. The second-order valence-corrected chi connectivity index (χ2v) is 4.57. The number of benzene rings is 1. The molecule has 1 unspecified atom stereocenters. The van der Waals surface area contributed by atoms with Gasteiger partial charge in [0.15, 0.2) is 0 Å². The molecule has 0 aliphatic carbocycles. The Morgan fingerprint density at radius 3 is 2.00 bits per heavy atom. The van der Waals surface area contributed by atoms with Crippen LogP contribution in [0.5, 0.6) is 0 Å². The van der Waals surface area contributed by atoms with Gasteiger partial charge in [-0.15, -0.1) is 0 Å². The summed E-state index contributed by atoms with van der Waals surface area (Å²) in [4.78, 5) is 0. The van der Waals surface area contributed by atoms with Crippen molar-refractivity contribution in [2.24, 2.45) is 5.73 Å². The largest absolute Gasteiger partial charge is 0.389 e. The van der Waals surface area contributed by atoms with Gasteiger partial charge in [0.2, 0.25) is 0 Å². The molecular weight excluding hydrogens is 227 g/mol. The van der Waals surface area contributed by atoms with Crippen molar-refractivity contribution in [1.82, 2.24) is 0 Å². The third-order valence-corrected chi connectivity index (χ3v) is 2.85. The Labute approximate surface area is 99.8 Å². The van der Waals surface area contributed by atoms with E-state index in [1.807, 2.05) is 32.9 Å². The van der Waals surface area contributed by atoms with Gasteiger partial charge < -0.3 is 5.73 Å². The molecule has 17 heavy (non-hydrogen) atoms. The molecule has 1 aromatic rings. The van der Waals surface area contributed by atoms with Gasteiger partial charge in [0.1, 0.15) is 0 Å². The molecule has 0 radical (unpaired) electrons. The Morgan fingerprint density at radius 1 is 1.12 bits per heavy atom. The molecule has 0 spiro atoms. The fourth-order valence-electron chi connectivity index (χ4n) is 2.24. The number of halogens is 3. The summed E-state index contributed by atoms with van der Waals surface area (Å²) in [6.07, 6.45) is -5.03. The minimum Gasteiger partial charge on any atom is -0.324 e. The maximum Gasteiger partial charge on any atom is 0.389 e. The molecule has 0 saturated heterocycles. The van der Waals surface area contributed by atoms with Crippen LogP contribution in [-0.2, 0) is 0 Å². The van der Waals surface area contributed by atoms with Gasteiger partial charge in [-0.3, -0.25) is 0 Å². The summed E-state index contributed by atoms with van der Waals surface area (Å²) < 4.78 is 36.4. The molecule has 0 aliphatic heterocycles. The minimum atomic E-state index is -4.13. The predicted molar refractivity (Wildman–Crippen MR) is 62.9 cm³/mol. The van der Waals surface area contributed by atoms with E-state index in [4.69, 9.17) is 5.73 Å². The zero-order chi connectivity index (χ0) is 13.2. The van der Waals surface area contributed by atoms with Crippen molar-refractivity contribution >= 4 is 0 Å². The Morgan fingerprint density at radius 2 is 1.59 bits per heavy atom. The summed E-state index contributed by atoms with van der Waals surface area (Å²) in [5, 5.41) is 0. The molecule has 1 nitrogen and oxygen atoms in total. The van der Waals surface area contributed by atoms with E-state index >= 15 is 0 Å². The fraction of sp³-hybridized carbons (Fsp3) is 0.538. The summed E-state index contributed by atoms with van der Waals surface area (Å²) in [5.41, 5.74) is 9.74. The first-order valence-corrected chi connectivity index (χ1v) is 5.61. The van der Waals surface area contributed by atoms with Crippen LogP contribution in [0.4, 0.5) is 13.2 Å². The van der Waals surface area contributed by atoms with Crippen molar-refractivity contribution in [3.63, 3.8) is 0 Å². The first-order valence-electron chi connectivity index (χ1n) is 5.61. The summed E-state index contributed by atoms with van der Waals surface area (Å²) in [6, 6.07) is 3.36. The van der Waals surface area contributed by atoms with Crippen LogP contribution in [0, 0.1) is 20.8 Å². The minimum absolute atomic E-state index is 0.0613. The quantitative estimate of drug-likeness (QED) is 0.857. The first kappa shape index (κ1) is 14.0. The van der Waals surface area contributed by atoms with Crippen LogP contribution in [0.2, 0.25) is 0 Å². The molecule has 0 heterocycles. The second-order valence-electron chi connectivity index (χ2n) is 4.57. The molecule has 96 valence electrons. The standard InChI is InChI=1S/C13H18F3N/c1-8-6-9(2)12(10(3)7-8)11(17)4-5-13(14,15)16/h6-7,11H,4-5,17H2,1-3H3. The van der Waals surface area contributed by atoms with Crippen molar-refractivity contribution in [3.8, 4) is 0 Å². The van der Waals surface area contributed by atoms with Crippen LogP contribution in [0.1, 0.15) is 41.1 Å². The number of alkyl halides is 3. The number of rotatable bonds is 3. The molecule has 0 amide bonds. The van der Waals surface area contributed by atoms with E-state index in [0.717, 1.165) is 22.3 Å². The van der Waals surface area contributed by atoms with Crippen LogP contribution < -0.4 is 5.73 Å². The summed E-state index contributed by atoms with van der Waals surface area (Å²) >= 11 is 0. The molecule has 0 saturated carbocycles. The number of hydrogen-bond donors (Lipinski definition) is 1. The molecule has 0 aliphatic rings. The Hall–Kier alpha value is -1.03. The number of aryl methyl sites for hydroxylation is 3. The van der Waals surface area contributed by atoms with Crippen LogP contribution in [0.15, 0.2) is 12.1 Å². The average molecular weight is 245 g/mol. The molecule has 0 fully saturated rings. The maximum atomic E-state index is 12.1. The number of hydrogen-bond acceptors (Lipinski definition) is 1. The molecule has 2 N–H and O–H groups in total. The number of nitrogens with two attached hydrogens (primary N) is 1. The molecule has 4 heteroatoms. The van der Waals surface area contributed by atoms with Gasteiger partial charge in [-0.2, -0.15) is 13.2 Å². The van der Waals surface area contributed by atoms with E-state index in [1.165, 1.54) is 0 Å². The van der Waals surface area contributed by atoms with Gasteiger partial charge in [-0.1, -0.05) is 17.7 Å². The zero-order valence-electron chi connectivity index (χ0n) is 10.4. The Bertz CT molecular complexity index is 373. The van der Waals surface area contributed by atoms with Crippen molar-refractivity contribution in [2.45, 2.75) is 45.8 Å². The molecule has 1 rings (SSSR count). The summed E-state index contributed by atoms with van der Waals surface area (Å²) in [7, 11) is 0. The predicted octanol–water partition coefficient (Wildman–Crippen LogP) is 3.95. The Kier molecular flexibility index (Phi) is 4.20. The fourth-order valence-corrected chi connectivity index (χ4v) is 2.24. The first-order chi connectivity index (χ1) is 7.70. The van der Waals surface area contributed by atoms with Crippen LogP contribution >= 0.6 is 0 Å². The topological polar surface area (TPSA) is 26.0 Å². The van der Waals surface area contributed by atoms with Crippen LogP contribution in [0.3, 0.4) is 0 Å². The van der Waals surface area contributed by atoms with Gasteiger partial charge in [0, 0.05) is 12.5 Å². The molecular formula is C13H18F3N. The van der Waals surface area contributed by atoms with E-state index in [2.05, 4.69) is 0 Å². The monoisotopic (exact) mass is 245 g/mol. The van der Waals surface area contributed by atoms with Crippen molar-refractivity contribution < 1.29 is 13.2 Å². The van der Waals surface area contributed by atoms with Crippen molar-refractivity contribution in [1.29, 1.82) is 0 Å². The Balaban J connectivity index is 2.86. The summed E-state index contributed by atoms with van der Waals surface area (Å²) in [5.74, 6) is 0. The zero-order valence-corrected chi connectivity index (χ0v) is 10.4. The lowest BCUT2D eigenvalue weighted by Gasteiger charge is -2.19. The van der Waals surface area contributed by atoms with E-state index in [-0.39, 0.29) is 6.42 Å². The summed E-state index contributed by atoms with van der Waals surface area (Å²) in [6.45, 7) is 5.75. The lowest BCUT2D eigenvalue weighted by atomic mass is 9.92. The average Bonchev–Trinajstić information content (AvgIpc) is 2.11. The van der Waals surface area contributed by atoms with Crippen LogP contribution in [0.25, 0.3) is 0 Å². The highest BCUT2D eigenvalue weighted by atomic mass is 19.4. The van der Waals surface area contributed by atoms with Crippen LogP contribution in [-0.4, -0.2) is 6.18 Å².